The normalized spacial score (nSPS) is 16.4. The lowest BCUT2D eigenvalue weighted by Crippen LogP contribution is -2.34. The van der Waals surface area contributed by atoms with E-state index in [9.17, 15) is 0 Å². The maximum absolute atomic E-state index is 8.72. The molecule has 1 aromatic carbocycles. The van der Waals surface area contributed by atoms with Gasteiger partial charge in [0.1, 0.15) is 0 Å². The standard InChI is InChI=1S/C13H18N4/c14-7-6-11-10-12(4-5-13(11)15)16-17-8-2-1-3-9-17/h4-5,10,16H,1-3,6,8-9,15H2. The molecule has 3 N–H and O–H groups in total. The minimum atomic E-state index is 0.362. The Morgan fingerprint density at radius 2 is 2.06 bits per heavy atom. The smallest absolute Gasteiger partial charge is 0.0670 e. The minimum Gasteiger partial charge on any atom is -0.398 e. The third-order valence-corrected chi connectivity index (χ3v) is 3.06. The van der Waals surface area contributed by atoms with Crippen molar-refractivity contribution in [3.8, 4) is 6.07 Å². The molecule has 1 aromatic rings. The Morgan fingerprint density at radius 1 is 1.29 bits per heavy atom. The van der Waals surface area contributed by atoms with Crippen LogP contribution < -0.4 is 11.2 Å². The fourth-order valence-corrected chi connectivity index (χ4v) is 2.10. The van der Waals surface area contributed by atoms with Crippen LogP contribution in [0.15, 0.2) is 18.2 Å². The SMILES string of the molecule is N#CCc1cc(NN2CCCCC2)ccc1N. The van der Waals surface area contributed by atoms with Crippen LogP contribution in [0.25, 0.3) is 0 Å². The number of rotatable bonds is 3. The molecule has 0 amide bonds. The first-order valence-electron chi connectivity index (χ1n) is 6.06. The van der Waals surface area contributed by atoms with Gasteiger partial charge in [0.2, 0.25) is 0 Å². The average Bonchev–Trinajstić information content (AvgIpc) is 2.35. The van der Waals surface area contributed by atoms with E-state index in [0.717, 1.165) is 24.3 Å². The van der Waals surface area contributed by atoms with E-state index in [1.165, 1.54) is 19.3 Å². The lowest BCUT2D eigenvalue weighted by atomic mass is 10.1. The Bertz CT molecular complexity index is 416. The van der Waals surface area contributed by atoms with Gasteiger partial charge in [-0.1, -0.05) is 6.42 Å². The van der Waals surface area contributed by atoms with Gasteiger partial charge in [-0.05, 0) is 36.6 Å². The van der Waals surface area contributed by atoms with E-state index in [0.29, 0.717) is 12.1 Å². The van der Waals surface area contributed by atoms with E-state index in [4.69, 9.17) is 11.0 Å². The Kier molecular flexibility index (Phi) is 3.84. The van der Waals surface area contributed by atoms with Crippen molar-refractivity contribution in [2.75, 3.05) is 24.2 Å². The number of anilines is 2. The zero-order chi connectivity index (χ0) is 12.1. The highest BCUT2D eigenvalue weighted by atomic mass is 15.5. The van der Waals surface area contributed by atoms with Gasteiger partial charge in [-0.3, -0.25) is 0 Å². The molecule has 0 radical (unpaired) electrons. The maximum Gasteiger partial charge on any atom is 0.0670 e. The first kappa shape index (κ1) is 11.7. The molecule has 1 aliphatic rings. The van der Waals surface area contributed by atoms with Crippen LogP contribution in [0.4, 0.5) is 11.4 Å². The summed E-state index contributed by atoms with van der Waals surface area (Å²) in [7, 11) is 0. The van der Waals surface area contributed by atoms with Crippen LogP contribution in [-0.4, -0.2) is 18.1 Å². The molecule has 17 heavy (non-hydrogen) atoms. The monoisotopic (exact) mass is 230 g/mol. The van der Waals surface area contributed by atoms with Gasteiger partial charge in [-0.2, -0.15) is 5.26 Å². The molecule has 2 rings (SSSR count). The fraction of sp³-hybridized carbons (Fsp3) is 0.462. The molecular formula is C13H18N4. The number of hydrogen-bond acceptors (Lipinski definition) is 4. The number of nitrogen functional groups attached to an aromatic ring is 1. The second kappa shape index (κ2) is 5.55. The van der Waals surface area contributed by atoms with E-state index in [2.05, 4.69) is 16.5 Å². The van der Waals surface area contributed by atoms with Gasteiger partial charge in [0.25, 0.3) is 0 Å². The van der Waals surface area contributed by atoms with E-state index in [-0.39, 0.29) is 0 Å². The summed E-state index contributed by atoms with van der Waals surface area (Å²) in [5.41, 5.74) is 11.8. The largest absolute Gasteiger partial charge is 0.398 e. The summed E-state index contributed by atoms with van der Waals surface area (Å²) >= 11 is 0. The van der Waals surface area contributed by atoms with E-state index in [1.807, 2.05) is 18.2 Å². The van der Waals surface area contributed by atoms with Gasteiger partial charge in [0.15, 0.2) is 0 Å². The summed E-state index contributed by atoms with van der Waals surface area (Å²) < 4.78 is 0. The van der Waals surface area contributed by atoms with Gasteiger partial charge in [0.05, 0.1) is 12.5 Å². The van der Waals surface area contributed by atoms with Crippen LogP contribution in [0.2, 0.25) is 0 Å². The van der Waals surface area contributed by atoms with Crippen molar-refractivity contribution in [1.82, 2.24) is 5.01 Å². The molecular weight excluding hydrogens is 212 g/mol. The Balaban J connectivity index is 2.05. The summed E-state index contributed by atoms with van der Waals surface area (Å²) in [5, 5.41) is 10.9. The molecule has 4 nitrogen and oxygen atoms in total. The highest BCUT2D eigenvalue weighted by molar-refractivity contribution is 5.57. The van der Waals surface area contributed by atoms with Crippen molar-refractivity contribution < 1.29 is 0 Å². The zero-order valence-electron chi connectivity index (χ0n) is 9.95. The molecule has 0 aliphatic carbocycles. The first-order chi connectivity index (χ1) is 8.29. The number of piperidine rings is 1. The number of nitrogens with one attached hydrogen (secondary N) is 1. The zero-order valence-corrected chi connectivity index (χ0v) is 9.95. The van der Waals surface area contributed by atoms with E-state index in [1.54, 1.807) is 0 Å². The van der Waals surface area contributed by atoms with Gasteiger partial charge >= 0.3 is 0 Å². The van der Waals surface area contributed by atoms with Gasteiger partial charge in [-0.25, -0.2) is 5.01 Å². The van der Waals surface area contributed by atoms with Gasteiger partial charge < -0.3 is 11.2 Å². The maximum atomic E-state index is 8.72. The molecule has 1 heterocycles. The van der Waals surface area contributed by atoms with Crippen LogP contribution in [0.1, 0.15) is 24.8 Å². The lowest BCUT2D eigenvalue weighted by molar-refractivity contribution is 0.273. The van der Waals surface area contributed by atoms with Crippen LogP contribution >= 0.6 is 0 Å². The number of hydrogen-bond donors (Lipinski definition) is 2. The molecule has 0 saturated carbocycles. The summed E-state index contributed by atoms with van der Waals surface area (Å²) in [6.07, 6.45) is 4.17. The van der Waals surface area contributed by atoms with Gasteiger partial charge in [-0.15, -0.1) is 0 Å². The molecule has 1 saturated heterocycles. The molecule has 0 spiro atoms. The number of hydrazine groups is 1. The molecule has 1 fully saturated rings. The van der Waals surface area contributed by atoms with E-state index < -0.39 is 0 Å². The fourth-order valence-electron chi connectivity index (χ4n) is 2.10. The molecule has 0 bridgehead atoms. The van der Waals surface area contributed by atoms with E-state index >= 15 is 0 Å². The molecule has 0 unspecified atom stereocenters. The molecule has 4 heteroatoms. The second-order valence-electron chi connectivity index (χ2n) is 4.41. The molecule has 1 aliphatic heterocycles. The molecule has 90 valence electrons. The summed E-state index contributed by atoms with van der Waals surface area (Å²) in [6, 6.07) is 7.92. The predicted octanol–water partition coefficient (Wildman–Crippen LogP) is 2.15. The van der Waals surface area contributed by atoms with Crippen molar-refractivity contribution in [3.63, 3.8) is 0 Å². The Hall–Kier alpha value is -1.73. The van der Waals surface area contributed by atoms with Crippen molar-refractivity contribution in [2.24, 2.45) is 0 Å². The third kappa shape index (κ3) is 3.11. The average molecular weight is 230 g/mol. The lowest BCUT2D eigenvalue weighted by Gasteiger charge is -2.28. The van der Waals surface area contributed by atoms with Crippen molar-refractivity contribution in [3.05, 3.63) is 23.8 Å². The molecule has 0 atom stereocenters. The number of benzene rings is 1. The summed E-state index contributed by atoms with van der Waals surface area (Å²) in [5.74, 6) is 0. The first-order valence-corrected chi connectivity index (χ1v) is 6.06. The van der Waals surface area contributed by atoms with Gasteiger partial charge in [0, 0.05) is 24.5 Å². The van der Waals surface area contributed by atoms with Crippen LogP contribution in [0, 0.1) is 11.3 Å². The van der Waals surface area contributed by atoms with Crippen molar-refractivity contribution >= 4 is 11.4 Å². The summed E-state index contributed by atoms with van der Waals surface area (Å²) in [6.45, 7) is 2.16. The Labute approximate surface area is 102 Å². The van der Waals surface area contributed by atoms with Crippen molar-refractivity contribution in [1.29, 1.82) is 5.26 Å². The predicted molar refractivity (Wildman–Crippen MR) is 69.2 cm³/mol. The highest BCUT2D eigenvalue weighted by Crippen LogP contribution is 2.19. The highest BCUT2D eigenvalue weighted by Gasteiger charge is 2.10. The number of nitrogens with two attached hydrogens (primary N) is 1. The van der Waals surface area contributed by atoms with Crippen LogP contribution in [0.5, 0.6) is 0 Å². The quantitative estimate of drug-likeness (QED) is 0.781. The Morgan fingerprint density at radius 3 is 2.76 bits per heavy atom. The number of nitrogens with zero attached hydrogens (tertiary/aromatic N) is 2. The van der Waals surface area contributed by atoms with Crippen molar-refractivity contribution in [2.45, 2.75) is 25.7 Å². The van der Waals surface area contributed by atoms with Crippen LogP contribution in [-0.2, 0) is 6.42 Å². The molecule has 0 aromatic heterocycles. The second-order valence-corrected chi connectivity index (χ2v) is 4.41. The summed E-state index contributed by atoms with van der Waals surface area (Å²) in [4.78, 5) is 0. The van der Waals surface area contributed by atoms with Crippen LogP contribution in [0.3, 0.4) is 0 Å². The minimum absolute atomic E-state index is 0.362. The number of nitriles is 1. The third-order valence-electron chi connectivity index (χ3n) is 3.06. The topological polar surface area (TPSA) is 65.1 Å².